The highest BCUT2D eigenvalue weighted by atomic mass is 16.5. The number of aliphatic carboxylic acids is 1. The highest BCUT2D eigenvalue weighted by molar-refractivity contribution is 5.93. The van der Waals surface area contributed by atoms with Crippen LogP contribution in [0.5, 0.6) is 0 Å². The van der Waals surface area contributed by atoms with E-state index < -0.39 is 5.97 Å². The molecule has 2 aliphatic rings. The van der Waals surface area contributed by atoms with Crippen molar-refractivity contribution in [2.24, 2.45) is 11.8 Å². The molecule has 2 saturated carbocycles. The summed E-state index contributed by atoms with van der Waals surface area (Å²) in [6.07, 6.45) is 7.92. The van der Waals surface area contributed by atoms with Crippen molar-refractivity contribution in [2.45, 2.75) is 64.1 Å². The summed E-state index contributed by atoms with van der Waals surface area (Å²) in [5.41, 5.74) is 1.86. The van der Waals surface area contributed by atoms with E-state index in [4.69, 9.17) is 9.84 Å². The Kier molecular flexibility index (Phi) is 6.08. The van der Waals surface area contributed by atoms with Gasteiger partial charge in [0, 0.05) is 11.6 Å². The van der Waals surface area contributed by atoms with Gasteiger partial charge in [0.2, 0.25) is 5.91 Å². The molecule has 0 saturated heterocycles. The summed E-state index contributed by atoms with van der Waals surface area (Å²) in [4.78, 5) is 23.5. The number of anilines is 1. The fourth-order valence-electron chi connectivity index (χ4n) is 3.85. The average Bonchev–Trinajstić information content (AvgIpc) is 3.15. The summed E-state index contributed by atoms with van der Waals surface area (Å²) in [6.45, 7) is 0.613. The van der Waals surface area contributed by atoms with Gasteiger partial charge in [0.15, 0.2) is 0 Å². The van der Waals surface area contributed by atoms with E-state index in [9.17, 15) is 9.59 Å². The smallest absolute Gasteiger partial charge is 0.306 e. The van der Waals surface area contributed by atoms with E-state index in [-0.39, 0.29) is 17.7 Å². The number of benzene rings is 1. The largest absolute Gasteiger partial charge is 0.481 e. The Balaban J connectivity index is 1.48. The number of carbonyl (C=O) groups is 2. The van der Waals surface area contributed by atoms with E-state index in [1.165, 1.54) is 12.8 Å². The van der Waals surface area contributed by atoms with Crippen molar-refractivity contribution in [1.29, 1.82) is 0 Å². The molecule has 2 aliphatic carbocycles. The van der Waals surface area contributed by atoms with Gasteiger partial charge in [0.25, 0.3) is 0 Å². The first-order chi connectivity index (χ1) is 12.1. The van der Waals surface area contributed by atoms with Gasteiger partial charge < -0.3 is 15.2 Å². The second-order valence-corrected chi connectivity index (χ2v) is 7.30. The van der Waals surface area contributed by atoms with E-state index >= 15 is 0 Å². The molecule has 0 spiro atoms. The third-order valence-corrected chi connectivity index (χ3v) is 5.40. The summed E-state index contributed by atoms with van der Waals surface area (Å²) in [6, 6.07) is 7.74. The van der Waals surface area contributed by atoms with Crippen LogP contribution >= 0.6 is 0 Å². The molecule has 2 N–H and O–H groups in total. The van der Waals surface area contributed by atoms with E-state index in [1.54, 1.807) is 0 Å². The summed E-state index contributed by atoms with van der Waals surface area (Å²) in [7, 11) is 0. The first kappa shape index (κ1) is 17.9. The van der Waals surface area contributed by atoms with Crippen LogP contribution in [0.4, 0.5) is 5.69 Å². The average molecular weight is 345 g/mol. The fourth-order valence-corrected chi connectivity index (χ4v) is 3.85. The van der Waals surface area contributed by atoms with E-state index in [1.807, 2.05) is 24.3 Å². The van der Waals surface area contributed by atoms with Crippen LogP contribution in [0.15, 0.2) is 24.3 Å². The van der Waals surface area contributed by atoms with Crippen LogP contribution in [-0.4, -0.2) is 23.1 Å². The van der Waals surface area contributed by atoms with Crippen LogP contribution in [-0.2, 0) is 20.9 Å². The second kappa shape index (κ2) is 8.48. The SMILES string of the molecule is O=C(O)C1CCCC(C(=O)Nc2ccc(COC3CCCC3)cc2)C1. The third kappa shape index (κ3) is 5.05. The molecule has 1 aromatic rings. The number of hydrogen-bond acceptors (Lipinski definition) is 3. The molecule has 5 nitrogen and oxygen atoms in total. The van der Waals surface area contributed by atoms with Crippen molar-refractivity contribution in [3.8, 4) is 0 Å². The molecule has 136 valence electrons. The van der Waals surface area contributed by atoms with Gasteiger partial charge >= 0.3 is 5.97 Å². The molecule has 2 unspecified atom stereocenters. The van der Waals surface area contributed by atoms with Crippen LogP contribution < -0.4 is 5.32 Å². The number of nitrogens with one attached hydrogen (secondary N) is 1. The Morgan fingerprint density at radius 1 is 1.00 bits per heavy atom. The van der Waals surface area contributed by atoms with Gasteiger partial charge in [-0.3, -0.25) is 9.59 Å². The maximum Gasteiger partial charge on any atom is 0.306 e. The zero-order valence-corrected chi connectivity index (χ0v) is 14.6. The Morgan fingerprint density at radius 2 is 1.68 bits per heavy atom. The maximum atomic E-state index is 12.4. The van der Waals surface area contributed by atoms with Gasteiger partial charge in [0.1, 0.15) is 0 Å². The van der Waals surface area contributed by atoms with Gasteiger partial charge in [0.05, 0.1) is 18.6 Å². The fraction of sp³-hybridized carbons (Fsp3) is 0.600. The molecule has 3 rings (SSSR count). The summed E-state index contributed by atoms with van der Waals surface area (Å²) < 4.78 is 5.90. The van der Waals surface area contributed by atoms with Crippen molar-refractivity contribution in [1.82, 2.24) is 0 Å². The van der Waals surface area contributed by atoms with Gasteiger partial charge in [-0.2, -0.15) is 0 Å². The first-order valence-corrected chi connectivity index (χ1v) is 9.36. The molecule has 0 aliphatic heterocycles. The van der Waals surface area contributed by atoms with E-state index in [0.29, 0.717) is 25.6 Å². The van der Waals surface area contributed by atoms with Crippen LogP contribution in [0.2, 0.25) is 0 Å². The lowest BCUT2D eigenvalue weighted by atomic mass is 9.81. The minimum absolute atomic E-state index is 0.0686. The lowest BCUT2D eigenvalue weighted by Crippen LogP contribution is -2.30. The number of carboxylic acids is 1. The highest BCUT2D eigenvalue weighted by Gasteiger charge is 2.31. The van der Waals surface area contributed by atoms with Crippen LogP contribution in [0.3, 0.4) is 0 Å². The zero-order chi connectivity index (χ0) is 17.6. The number of carboxylic acid groups (broad SMARTS) is 1. The number of amides is 1. The molecule has 1 amide bonds. The first-order valence-electron chi connectivity index (χ1n) is 9.36. The Labute approximate surface area is 148 Å². The van der Waals surface area contributed by atoms with Gasteiger partial charge in [-0.05, 0) is 49.8 Å². The maximum absolute atomic E-state index is 12.4. The minimum Gasteiger partial charge on any atom is -0.481 e. The molecule has 0 aromatic heterocycles. The molecule has 5 heteroatoms. The molecule has 25 heavy (non-hydrogen) atoms. The molecular formula is C20H27NO4. The predicted octanol–water partition coefficient (Wildman–Crippen LogP) is 3.98. The summed E-state index contributed by atoms with van der Waals surface area (Å²) >= 11 is 0. The number of carbonyl (C=O) groups excluding carboxylic acids is 1. The number of hydrogen-bond donors (Lipinski definition) is 2. The van der Waals surface area contributed by atoms with Crippen LogP contribution in [0, 0.1) is 11.8 Å². The lowest BCUT2D eigenvalue weighted by Gasteiger charge is -2.25. The summed E-state index contributed by atoms with van der Waals surface area (Å²) in [5, 5.41) is 12.1. The van der Waals surface area contributed by atoms with E-state index in [2.05, 4.69) is 5.32 Å². The van der Waals surface area contributed by atoms with E-state index in [0.717, 1.165) is 36.9 Å². The standard InChI is InChI=1S/C20H27NO4/c22-19(15-4-3-5-16(12-15)20(23)24)21-17-10-8-14(9-11-17)13-25-18-6-1-2-7-18/h8-11,15-16,18H,1-7,12-13H2,(H,21,22)(H,23,24). The molecule has 2 fully saturated rings. The van der Waals surface area contributed by atoms with Gasteiger partial charge in [-0.15, -0.1) is 0 Å². The minimum atomic E-state index is -0.788. The monoisotopic (exact) mass is 345 g/mol. The lowest BCUT2D eigenvalue weighted by molar-refractivity contribution is -0.143. The van der Waals surface area contributed by atoms with Crippen molar-refractivity contribution in [3.05, 3.63) is 29.8 Å². The van der Waals surface area contributed by atoms with Crippen molar-refractivity contribution < 1.29 is 19.4 Å². The van der Waals surface area contributed by atoms with Crippen LogP contribution in [0.25, 0.3) is 0 Å². The Hall–Kier alpha value is -1.88. The Morgan fingerprint density at radius 3 is 2.36 bits per heavy atom. The Bertz CT molecular complexity index is 592. The zero-order valence-electron chi connectivity index (χ0n) is 14.6. The molecule has 0 bridgehead atoms. The molecule has 0 heterocycles. The normalized spacial score (nSPS) is 24.2. The second-order valence-electron chi connectivity index (χ2n) is 7.30. The third-order valence-electron chi connectivity index (χ3n) is 5.40. The van der Waals surface area contributed by atoms with Crippen LogP contribution in [0.1, 0.15) is 56.9 Å². The van der Waals surface area contributed by atoms with Crippen molar-refractivity contribution in [2.75, 3.05) is 5.32 Å². The topological polar surface area (TPSA) is 75.6 Å². The van der Waals surface area contributed by atoms with Gasteiger partial charge in [-0.25, -0.2) is 0 Å². The molecule has 2 atom stereocenters. The quantitative estimate of drug-likeness (QED) is 0.818. The molecule has 0 radical (unpaired) electrons. The summed E-state index contributed by atoms with van der Waals surface area (Å²) in [5.74, 6) is -1.45. The van der Waals surface area contributed by atoms with Gasteiger partial charge in [-0.1, -0.05) is 31.4 Å². The predicted molar refractivity (Wildman–Crippen MR) is 95.2 cm³/mol. The molecular weight excluding hydrogens is 318 g/mol. The molecule has 1 aromatic carbocycles. The highest BCUT2D eigenvalue weighted by Crippen LogP contribution is 2.30. The number of rotatable bonds is 6. The van der Waals surface area contributed by atoms with Crippen molar-refractivity contribution >= 4 is 17.6 Å². The number of ether oxygens (including phenoxy) is 1. The van der Waals surface area contributed by atoms with Crippen molar-refractivity contribution in [3.63, 3.8) is 0 Å².